The minimum atomic E-state index is -0.942. The van der Waals surface area contributed by atoms with Gasteiger partial charge in [0.2, 0.25) is 0 Å². The predicted octanol–water partition coefficient (Wildman–Crippen LogP) is 3.98. The molecule has 0 unspecified atom stereocenters. The summed E-state index contributed by atoms with van der Waals surface area (Å²) in [7, 11) is 0. The van der Waals surface area contributed by atoms with Crippen molar-refractivity contribution in [2.24, 2.45) is 0 Å². The van der Waals surface area contributed by atoms with Crippen LogP contribution in [0.1, 0.15) is 30.1 Å². The molecule has 2 aromatic carbocycles. The second-order valence-corrected chi connectivity index (χ2v) is 6.33. The summed E-state index contributed by atoms with van der Waals surface area (Å²) >= 11 is 3.31. The van der Waals surface area contributed by atoms with Crippen LogP contribution in [0.25, 0.3) is 0 Å². The van der Waals surface area contributed by atoms with Gasteiger partial charge in [-0.3, -0.25) is 14.4 Å². The standard InChI is InChI=1S/C19H18BrNO4/c1-13(19(24)21-16-9-7-15(20)8-10-16)25-18(23)12-11-17(22)14-5-3-2-4-6-14/h2-10,13H,11-12H2,1H3,(H,21,24)/t13-/m0/s1. The largest absolute Gasteiger partial charge is 0.453 e. The van der Waals surface area contributed by atoms with Gasteiger partial charge in [-0.25, -0.2) is 0 Å². The molecule has 2 rings (SSSR count). The minimum Gasteiger partial charge on any atom is -0.453 e. The van der Waals surface area contributed by atoms with Crippen LogP contribution in [0.5, 0.6) is 0 Å². The number of carbonyl (C=O) groups is 3. The average molecular weight is 404 g/mol. The molecular formula is C19H18BrNO4. The van der Waals surface area contributed by atoms with Gasteiger partial charge in [0.15, 0.2) is 11.9 Å². The van der Waals surface area contributed by atoms with Crippen LogP contribution in [-0.4, -0.2) is 23.8 Å². The van der Waals surface area contributed by atoms with Crippen LogP contribution < -0.4 is 5.32 Å². The summed E-state index contributed by atoms with van der Waals surface area (Å²) in [5.41, 5.74) is 1.16. The van der Waals surface area contributed by atoms with E-state index in [1.54, 1.807) is 48.5 Å². The Bertz CT molecular complexity index is 744. The van der Waals surface area contributed by atoms with Gasteiger partial charge in [-0.15, -0.1) is 0 Å². The van der Waals surface area contributed by atoms with E-state index in [4.69, 9.17) is 4.74 Å². The van der Waals surface area contributed by atoms with Crippen LogP contribution in [-0.2, 0) is 14.3 Å². The van der Waals surface area contributed by atoms with Gasteiger partial charge < -0.3 is 10.1 Å². The fraction of sp³-hybridized carbons (Fsp3) is 0.211. The van der Waals surface area contributed by atoms with Gasteiger partial charge in [0.25, 0.3) is 5.91 Å². The molecular weight excluding hydrogens is 386 g/mol. The van der Waals surface area contributed by atoms with E-state index in [1.807, 2.05) is 6.07 Å². The fourth-order valence-corrected chi connectivity index (χ4v) is 2.34. The molecule has 130 valence electrons. The predicted molar refractivity (Wildman–Crippen MR) is 98.3 cm³/mol. The van der Waals surface area contributed by atoms with Crippen LogP contribution in [0.2, 0.25) is 0 Å². The topological polar surface area (TPSA) is 72.5 Å². The molecule has 0 aromatic heterocycles. The zero-order valence-electron chi connectivity index (χ0n) is 13.7. The van der Waals surface area contributed by atoms with Gasteiger partial charge in [0.1, 0.15) is 0 Å². The third kappa shape index (κ3) is 6.15. The number of rotatable bonds is 7. The molecule has 0 saturated heterocycles. The van der Waals surface area contributed by atoms with Crippen LogP contribution in [0.15, 0.2) is 59.1 Å². The molecule has 5 nitrogen and oxygen atoms in total. The molecule has 0 aliphatic rings. The molecule has 0 aliphatic carbocycles. The number of nitrogens with one attached hydrogen (secondary N) is 1. The number of esters is 1. The van der Waals surface area contributed by atoms with Crippen molar-refractivity contribution in [2.45, 2.75) is 25.9 Å². The van der Waals surface area contributed by atoms with Crippen molar-refractivity contribution in [2.75, 3.05) is 5.32 Å². The van der Waals surface area contributed by atoms with Crippen LogP contribution in [0.3, 0.4) is 0 Å². The van der Waals surface area contributed by atoms with Gasteiger partial charge >= 0.3 is 5.97 Å². The lowest BCUT2D eigenvalue weighted by Gasteiger charge is -2.13. The number of hydrogen-bond acceptors (Lipinski definition) is 4. The zero-order valence-corrected chi connectivity index (χ0v) is 15.3. The number of hydrogen-bond donors (Lipinski definition) is 1. The number of anilines is 1. The summed E-state index contributed by atoms with van der Waals surface area (Å²) in [5.74, 6) is -1.14. The van der Waals surface area contributed by atoms with Crippen LogP contribution in [0.4, 0.5) is 5.69 Å². The van der Waals surface area contributed by atoms with Crippen molar-refractivity contribution in [1.82, 2.24) is 0 Å². The Kier molecular flexibility index (Phi) is 6.89. The van der Waals surface area contributed by atoms with Gasteiger partial charge in [-0.2, -0.15) is 0 Å². The number of halogens is 1. The average Bonchev–Trinajstić information content (AvgIpc) is 2.62. The number of ketones is 1. The highest BCUT2D eigenvalue weighted by molar-refractivity contribution is 9.10. The summed E-state index contributed by atoms with van der Waals surface area (Å²) in [6, 6.07) is 15.8. The monoisotopic (exact) mass is 403 g/mol. The molecule has 25 heavy (non-hydrogen) atoms. The Balaban J connectivity index is 1.78. The maximum atomic E-state index is 12.0. The summed E-state index contributed by atoms with van der Waals surface area (Å²) in [5, 5.41) is 2.66. The molecule has 6 heteroatoms. The SMILES string of the molecule is C[C@H](OC(=O)CCC(=O)c1ccccc1)C(=O)Nc1ccc(Br)cc1. The van der Waals surface area contributed by atoms with E-state index in [-0.39, 0.29) is 18.6 Å². The molecule has 1 N–H and O–H groups in total. The van der Waals surface area contributed by atoms with Gasteiger partial charge in [0.05, 0.1) is 6.42 Å². The molecule has 2 aromatic rings. The lowest BCUT2D eigenvalue weighted by atomic mass is 10.1. The summed E-state index contributed by atoms with van der Waals surface area (Å²) in [6.45, 7) is 1.49. The van der Waals surface area contributed by atoms with Crippen molar-refractivity contribution < 1.29 is 19.1 Å². The Hall–Kier alpha value is -2.47. The first-order valence-corrected chi connectivity index (χ1v) is 8.59. The van der Waals surface area contributed by atoms with E-state index in [0.717, 1.165) is 4.47 Å². The number of amides is 1. The third-order valence-electron chi connectivity index (χ3n) is 3.44. The molecule has 0 radical (unpaired) electrons. The van der Waals surface area contributed by atoms with Crippen molar-refractivity contribution >= 4 is 39.3 Å². The van der Waals surface area contributed by atoms with Crippen molar-refractivity contribution in [3.05, 3.63) is 64.6 Å². The highest BCUT2D eigenvalue weighted by atomic mass is 79.9. The summed E-state index contributed by atoms with van der Waals surface area (Å²) < 4.78 is 5.98. The fourth-order valence-electron chi connectivity index (χ4n) is 2.07. The van der Waals surface area contributed by atoms with E-state index < -0.39 is 18.0 Å². The first kappa shape index (κ1) is 18.9. The van der Waals surface area contributed by atoms with Gasteiger partial charge in [0, 0.05) is 22.1 Å². The molecule has 0 spiro atoms. The molecule has 1 amide bonds. The summed E-state index contributed by atoms with van der Waals surface area (Å²) in [6.07, 6.45) is -0.962. The smallest absolute Gasteiger partial charge is 0.307 e. The van der Waals surface area contributed by atoms with E-state index in [0.29, 0.717) is 11.3 Å². The van der Waals surface area contributed by atoms with Crippen LogP contribution in [0, 0.1) is 0 Å². The van der Waals surface area contributed by atoms with E-state index >= 15 is 0 Å². The normalized spacial score (nSPS) is 11.4. The Morgan fingerprint density at radius 3 is 2.28 bits per heavy atom. The Morgan fingerprint density at radius 1 is 1.00 bits per heavy atom. The van der Waals surface area contributed by atoms with Crippen LogP contribution >= 0.6 is 15.9 Å². The number of carbonyl (C=O) groups excluding carboxylic acids is 3. The van der Waals surface area contributed by atoms with E-state index in [2.05, 4.69) is 21.2 Å². The summed E-state index contributed by atoms with van der Waals surface area (Å²) in [4.78, 5) is 35.8. The number of Topliss-reactive ketones (excluding diaryl/α,β-unsaturated/α-hetero) is 1. The number of ether oxygens (including phenoxy) is 1. The second-order valence-electron chi connectivity index (χ2n) is 5.42. The van der Waals surface area contributed by atoms with Crippen molar-refractivity contribution in [3.63, 3.8) is 0 Å². The van der Waals surface area contributed by atoms with Gasteiger partial charge in [-0.1, -0.05) is 46.3 Å². The molecule has 0 saturated carbocycles. The minimum absolute atomic E-state index is 0.0455. The molecule has 0 aliphatic heterocycles. The van der Waals surface area contributed by atoms with E-state index in [9.17, 15) is 14.4 Å². The maximum absolute atomic E-state index is 12.0. The molecule has 0 bridgehead atoms. The first-order chi connectivity index (χ1) is 12.0. The van der Waals surface area contributed by atoms with E-state index in [1.165, 1.54) is 6.92 Å². The van der Waals surface area contributed by atoms with Crippen molar-refractivity contribution in [3.8, 4) is 0 Å². The quantitative estimate of drug-likeness (QED) is 0.560. The zero-order chi connectivity index (χ0) is 18.2. The van der Waals surface area contributed by atoms with Crippen molar-refractivity contribution in [1.29, 1.82) is 0 Å². The number of benzene rings is 2. The highest BCUT2D eigenvalue weighted by Crippen LogP contribution is 2.14. The lowest BCUT2D eigenvalue weighted by Crippen LogP contribution is -2.30. The maximum Gasteiger partial charge on any atom is 0.307 e. The molecule has 0 heterocycles. The highest BCUT2D eigenvalue weighted by Gasteiger charge is 2.18. The lowest BCUT2D eigenvalue weighted by molar-refractivity contribution is -0.153. The molecule has 1 atom stereocenters. The molecule has 0 fully saturated rings. The first-order valence-electron chi connectivity index (χ1n) is 7.80. The van der Waals surface area contributed by atoms with Gasteiger partial charge in [-0.05, 0) is 31.2 Å². The Labute approximate surface area is 154 Å². The second kappa shape index (κ2) is 9.13. The Morgan fingerprint density at radius 2 is 1.64 bits per heavy atom. The third-order valence-corrected chi connectivity index (χ3v) is 3.97.